The van der Waals surface area contributed by atoms with Crippen molar-refractivity contribution in [3.8, 4) is 5.75 Å². The lowest BCUT2D eigenvalue weighted by atomic mass is 10.0. The molecule has 1 N–H and O–H groups in total. The smallest absolute Gasteiger partial charge is 0.120 e. The molecule has 0 saturated carbocycles. The van der Waals surface area contributed by atoms with Gasteiger partial charge >= 0.3 is 0 Å². The average molecular weight is 362 g/mol. The average Bonchev–Trinajstić information content (AvgIpc) is 2.72. The molecule has 3 aromatic rings. The number of benzene rings is 3. The second-order valence-electron chi connectivity index (χ2n) is 6.53. The molecule has 1 atom stereocenters. The molecule has 1 heterocycles. The van der Waals surface area contributed by atoms with Gasteiger partial charge in [-0.2, -0.15) is 0 Å². The predicted octanol–water partition coefficient (Wildman–Crippen LogP) is 5.59. The van der Waals surface area contributed by atoms with Crippen LogP contribution in [0.4, 0.5) is 0 Å². The summed E-state index contributed by atoms with van der Waals surface area (Å²) in [5, 5.41) is 3.73. The first-order chi connectivity index (χ1) is 12.9. The lowest BCUT2D eigenvalue weighted by Gasteiger charge is -2.26. The van der Waals surface area contributed by atoms with Crippen molar-refractivity contribution in [3.05, 3.63) is 95.6 Å². The molecule has 3 aromatic carbocycles. The molecule has 0 fully saturated rings. The normalized spacial score (nSPS) is 16.1. The van der Waals surface area contributed by atoms with E-state index in [1.807, 2.05) is 36.0 Å². The second-order valence-corrected chi connectivity index (χ2v) is 7.67. The summed E-state index contributed by atoms with van der Waals surface area (Å²) >= 11 is 1.96. The third-order valence-electron chi connectivity index (χ3n) is 4.66. The van der Waals surface area contributed by atoms with Crippen molar-refractivity contribution in [1.82, 2.24) is 5.32 Å². The fourth-order valence-corrected chi connectivity index (χ4v) is 4.41. The Morgan fingerprint density at radius 2 is 1.69 bits per heavy atom. The molecule has 26 heavy (non-hydrogen) atoms. The Hall–Kier alpha value is -2.23. The summed E-state index contributed by atoms with van der Waals surface area (Å²) in [5.41, 5.74) is 3.87. The molecule has 0 aliphatic carbocycles. The van der Waals surface area contributed by atoms with Crippen molar-refractivity contribution in [2.75, 3.05) is 5.75 Å². The minimum atomic E-state index is 0.432. The van der Waals surface area contributed by atoms with E-state index in [1.54, 1.807) is 0 Å². The van der Waals surface area contributed by atoms with Gasteiger partial charge in [-0.25, -0.2) is 0 Å². The summed E-state index contributed by atoms with van der Waals surface area (Å²) in [4.78, 5) is 1.41. The molecule has 0 aromatic heterocycles. The highest BCUT2D eigenvalue weighted by atomic mass is 32.2. The first-order valence-electron chi connectivity index (χ1n) is 9.09. The largest absolute Gasteiger partial charge is 0.489 e. The highest BCUT2D eigenvalue weighted by Gasteiger charge is 2.19. The van der Waals surface area contributed by atoms with Gasteiger partial charge in [0.25, 0.3) is 0 Å². The first-order valence-corrected chi connectivity index (χ1v) is 10.1. The Balaban J connectivity index is 1.37. The zero-order valence-corrected chi connectivity index (χ0v) is 15.5. The van der Waals surface area contributed by atoms with E-state index in [0.717, 1.165) is 12.3 Å². The maximum absolute atomic E-state index is 5.95. The molecule has 0 amide bonds. The number of hydrogen-bond acceptors (Lipinski definition) is 3. The van der Waals surface area contributed by atoms with E-state index < -0.39 is 0 Å². The van der Waals surface area contributed by atoms with Gasteiger partial charge in [-0.05, 0) is 47.1 Å². The predicted molar refractivity (Wildman–Crippen MR) is 109 cm³/mol. The lowest BCUT2D eigenvalue weighted by Crippen LogP contribution is -2.24. The van der Waals surface area contributed by atoms with Crippen LogP contribution in [0.3, 0.4) is 0 Å². The zero-order valence-electron chi connectivity index (χ0n) is 14.7. The standard InChI is InChI=1S/C23H23NOS/c1-2-7-18(8-3-1)17-25-20-10-6-9-19(15-20)16-24-22-13-14-26-23-12-5-4-11-21(22)23/h1-12,15,22,24H,13-14,16-17H2. The molecular weight excluding hydrogens is 338 g/mol. The van der Waals surface area contributed by atoms with E-state index in [-0.39, 0.29) is 0 Å². The van der Waals surface area contributed by atoms with Crippen molar-refractivity contribution >= 4 is 11.8 Å². The molecular formula is C23H23NOS. The third-order valence-corrected chi connectivity index (χ3v) is 5.78. The summed E-state index contributed by atoms with van der Waals surface area (Å²) in [7, 11) is 0. The van der Waals surface area contributed by atoms with Gasteiger partial charge in [0.2, 0.25) is 0 Å². The van der Waals surface area contributed by atoms with E-state index >= 15 is 0 Å². The van der Waals surface area contributed by atoms with E-state index in [9.17, 15) is 0 Å². The molecule has 4 rings (SSSR count). The molecule has 1 aliphatic heterocycles. The number of ether oxygens (including phenoxy) is 1. The number of thioether (sulfide) groups is 1. The number of rotatable bonds is 6. The van der Waals surface area contributed by atoms with Crippen LogP contribution in [0.15, 0.2) is 83.8 Å². The van der Waals surface area contributed by atoms with Gasteiger partial charge in [0.05, 0.1) is 0 Å². The zero-order chi connectivity index (χ0) is 17.6. The fourth-order valence-electron chi connectivity index (χ4n) is 3.28. The van der Waals surface area contributed by atoms with Gasteiger partial charge in [0, 0.05) is 17.5 Å². The van der Waals surface area contributed by atoms with Crippen LogP contribution in [-0.4, -0.2) is 5.75 Å². The minimum Gasteiger partial charge on any atom is -0.489 e. The molecule has 0 saturated heterocycles. The molecule has 1 aliphatic rings. The highest BCUT2D eigenvalue weighted by Crippen LogP contribution is 2.35. The first kappa shape index (κ1) is 17.2. The Kier molecular flexibility index (Phi) is 5.58. The summed E-state index contributed by atoms with van der Waals surface area (Å²) in [6.07, 6.45) is 1.17. The van der Waals surface area contributed by atoms with Crippen molar-refractivity contribution < 1.29 is 4.74 Å². The van der Waals surface area contributed by atoms with Crippen molar-refractivity contribution in [2.24, 2.45) is 0 Å². The molecule has 0 radical (unpaired) electrons. The Morgan fingerprint density at radius 3 is 2.62 bits per heavy atom. The van der Waals surface area contributed by atoms with Crippen LogP contribution in [0.5, 0.6) is 5.75 Å². The minimum absolute atomic E-state index is 0.432. The van der Waals surface area contributed by atoms with Gasteiger partial charge in [0.15, 0.2) is 0 Å². The second kappa shape index (κ2) is 8.43. The summed E-state index contributed by atoms with van der Waals surface area (Å²) in [6.45, 7) is 1.46. The Labute approximate surface area is 159 Å². The van der Waals surface area contributed by atoms with Gasteiger partial charge in [-0.3, -0.25) is 0 Å². The molecule has 1 unspecified atom stereocenters. The summed E-state index contributed by atoms with van der Waals surface area (Å²) in [5.74, 6) is 2.10. The van der Waals surface area contributed by atoms with Crippen LogP contribution in [0, 0.1) is 0 Å². The van der Waals surface area contributed by atoms with Crippen molar-refractivity contribution in [3.63, 3.8) is 0 Å². The third kappa shape index (κ3) is 4.29. The van der Waals surface area contributed by atoms with Crippen LogP contribution in [-0.2, 0) is 13.2 Å². The van der Waals surface area contributed by atoms with Gasteiger partial charge in [-0.1, -0.05) is 60.7 Å². The number of nitrogens with one attached hydrogen (secondary N) is 1. The molecule has 0 spiro atoms. The van der Waals surface area contributed by atoms with Crippen molar-refractivity contribution in [1.29, 1.82) is 0 Å². The van der Waals surface area contributed by atoms with E-state index in [0.29, 0.717) is 12.6 Å². The maximum atomic E-state index is 5.95. The lowest BCUT2D eigenvalue weighted by molar-refractivity contribution is 0.306. The Bertz CT molecular complexity index is 850. The van der Waals surface area contributed by atoms with E-state index in [4.69, 9.17) is 4.74 Å². The topological polar surface area (TPSA) is 21.3 Å². The number of hydrogen-bond donors (Lipinski definition) is 1. The quantitative estimate of drug-likeness (QED) is 0.618. The SMILES string of the molecule is c1ccc(COc2cccc(CNC3CCSc4ccccc43)c2)cc1. The van der Waals surface area contributed by atoms with Crippen molar-refractivity contribution in [2.45, 2.75) is 30.5 Å². The van der Waals surface area contributed by atoms with Gasteiger partial charge in [0.1, 0.15) is 12.4 Å². The van der Waals surface area contributed by atoms with Crippen LogP contribution in [0.2, 0.25) is 0 Å². The van der Waals surface area contributed by atoms with Crippen LogP contribution in [0.1, 0.15) is 29.2 Å². The van der Waals surface area contributed by atoms with Crippen LogP contribution in [0.25, 0.3) is 0 Å². The summed E-state index contributed by atoms with van der Waals surface area (Å²) in [6, 6.07) is 27.8. The van der Waals surface area contributed by atoms with Gasteiger partial charge in [-0.15, -0.1) is 11.8 Å². The monoisotopic (exact) mass is 361 g/mol. The van der Waals surface area contributed by atoms with E-state index in [1.165, 1.54) is 33.8 Å². The molecule has 132 valence electrons. The van der Waals surface area contributed by atoms with E-state index in [2.05, 4.69) is 59.9 Å². The summed E-state index contributed by atoms with van der Waals surface area (Å²) < 4.78 is 5.95. The van der Waals surface area contributed by atoms with Crippen LogP contribution >= 0.6 is 11.8 Å². The molecule has 2 nitrogen and oxygen atoms in total. The maximum Gasteiger partial charge on any atom is 0.120 e. The van der Waals surface area contributed by atoms with Crippen LogP contribution < -0.4 is 10.1 Å². The Morgan fingerprint density at radius 1 is 0.885 bits per heavy atom. The fraction of sp³-hybridized carbons (Fsp3) is 0.217. The van der Waals surface area contributed by atoms with Gasteiger partial charge < -0.3 is 10.1 Å². The number of fused-ring (bicyclic) bond motifs is 1. The molecule has 3 heteroatoms. The molecule has 0 bridgehead atoms. The highest BCUT2D eigenvalue weighted by molar-refractivity contribution is 7.99.